The Morgan fingerprint density at radius 2 is 2.06 bits per heavy atom. The third-order valence-corrected chi connectivity index (χ3v) is 3.99. The van der Waals surface area contributed by atoms with Crippen LogP contribution in [0.25, 0.3) is 0 Å². The molecule has 2 unspecified atom stereocenters. The van der Waals surface area contributed by atoms with Crippen molar-refractivity contribution in [2.45, 2.75) is 71.4 Å². The van der Waals surface area contributed by atoms with Crippen molar-refractivity contribution in [3.05, 3.63) is 0 Å². The van der Waals surface area contributed by atoms with E-state index in [1.165, 1.54) is 45.1 Å². The van der Waals surface area contributed by atoms with Crippen LogP contribution in [-0.2, 0) is 0 Å². The Morgan fingerprint density at radius 1 is 1.31 bits per heavy atom. The summed E-state index contributed by atoms with van der Waals surface area (Å²) in [6.07, 6.45) is 8.06. The van der Waals surface area contributed by atoms with Crippen LogP contribution in [0.1, 0.15) is 59.3 Å². The first kappa shape index (κ1) is 14.0. The molecule has 1 heterocycles. The van der Waals surface area contributed by atoms with Gasteiger partial charge in [0.25, 0.3) is 0 Å². The molecule has 1 saturated heterocycles. The van der Waals surface area contributed by atoms with E-state index in [2.05, 4.69) is 25.7 Å². The van der Waals surface area contributed by atoms with Crippen LogP contribution in [0.3, 0.4) is 0 Å². The largest absolute Gasteiger partial charge is 0.329 e. The number of hydrogen-bond donors (Lipinski definition) is 1. The molecule has 1 rings (SSSR count). The molecule has 0 aromatic heterocycles. The maximum atomic E-state index is 5.96. The summed E-state index contributed by atoms with van der Waals surface area (Å²) < 4.78 is 0. The summed E-state index contributed by atoms with van der Waals surface area (Å²) in [6.45, 7) is 9.08. The summed E-state index contributed by atoms with van der Waals surface area (Å²) in [4.78, 5) is 2.69. The van der Waals surface area contributed by atoms with Gasteiger partial charge in [0.05, 0.1) is 0 Å². The van der Waals surface area contributed by atoms with Crippen LogP contribution in [0, 0.1) is 5.92 Å². The first-order valence-electron chi connectivity index (χ1n) is 7.16. The van der Waals surface area contributed by atoms with E-state index in [0.717, 1.165) is 18.5 Å². The number of nitrogens with two attached hydrogens (primary N) is 1. The van der Waals surface area contributed by atoms with Crippen molar-refractivity contribution in [3.63, 3.8) is 0 Å². The summed E-state index contributed by atoms with van der Waals surface area (Å²) >= 11 is 0. The van der Waals surface area contributed by atoms with Gasteiger partial charge in [-0.25, -0.2) is 0 Å². The van der Waals surface area contributed by atoms with Crippen LogP contribution in [0.2, 0.25) is 0 Å². The predicted molar refractivity (Wildman–Crippen MR) is 71.6 cm³/mol. The van der Waals surface area contributed by atoms with E-state index in [-0.39, 0.29) is 0 Å². The van der Waals surface area contributed by atoms with Crippen LogP contribution in [-0.4, -0.2) is 30.1 Å². The Morgan fingerprint density at radius 3 is 2.62 bits per heavy atom. The fourth-order valence-corrected chi connectivity index (χ4v) is 3.03. The molecular weight excluding hydrogens is 196 g/mol. The molecule has 1 aliphatic rings. The van der Waals surface area contributed by atoms with Gasteiger partial charge in [-0.15, -0.1) is 0 Å². The zero-order valence-corrected chi connectivity index (χ0v) is 11.4. The fraction of sp³-hybridized carbons (Fsp3) is 1.00. The van der Waals surface area contributed by atoms with Crippen molar-refractivity contribution < 1.29 is 0 Å². The van der Waals surface area contributed by atoms with Crippen LogP contribution < -0.4 is 5.73 Å². The first-order valence-corrected chi connectivity index (χ1v) is 7.16. The van der Waals surface area contributed by atoms with Gasteiger partial charge in [-0.1, -0.05) is 40.0 Å². The summed E-state index contributed by atoms with van der Waals surface area (Å²) in [7, 11) is 0. The number of likely N-dealkylation sites (tertiary alicyclic amines) is 1. The molecule has 2 atom stereocenters. The van der Waals surface area contributed by atoms with Gasteiger partial charge in [-0.05, 0) is 31.7 Å². The van der Waals surface area contributed by atoms with E-state index in [9.17, 15) is 0 Å². The standard InChI is InChI=1S/C14H30N2/c1-4-5-6-8-13(11-15)16-10-7-9-14(16)12(2)3/h12-14H,4-11,15H2,1-3H3. The minimum Gasteiger partial charge on any atom is -0.329 e. The third-order valence-electron chi connectivity index (χ3n) is 3.99. The molecule has 2 heteroatoms. The fourth-order valence-electron chi connectivity index (χ4n) is 3.03. The highest BCUT2D eigenvalue weighted by molar-refractivity contribution is 4.87. The Balaban J connectivity index is 2.44. The molecule has 0 amide bonds. The average Bonchev–Trinajstić information content (AvgIpc) is 2.73. The molecule has 96 valence electrons. The Bertz CT molecular complexity index is 180. The zero-order valence-electron chi connectivity index (χ0n) is 11.4. The minimum atomic E-state index is 0.640. The van der Waals surface area contributed by atoms with Crippen molar-refractivity contribution in [2.24, 2.45) is 11.7 Å². The van der Waals surface area contributed by atoms with Gasteiger partial charge >= 0.3 is 0 Å². The highest BCUT2D eigenvalue weighted by Gasteiger charge is 2.31. The number of rotatable bonds is 7. The highest BCUT2D eigenvalue weighted by Crippen LogP contribution is 2.27. The molecule has 0 saturated carbocycles. The second-order valence-electron chi connectivity index (χ2n) is 5.58. The zero-order chi connectivity index (χ0) is 12.0. The lowest BCUT2D eigenvalue weighted by molar-refractivity contribution is 0.140. The van der Waals surface area contributed by atoms with Gasteiger partial charge in [-0.2, -0.15) is 0 Å². The third kappa shape index (κ3) is 3.74. The average molecular weight is 226 g/mol. The van der Waals surface area contributed by atoms with Gasteiger partial charge in [0.15, 0.2) is 0 Å². The van der Waals surface area contributed by atoms with E-state index in [1.807, 2.05) is 0 Å². The lowest BCUT2D eigenvalue weighted by Crippen LogP contribution is -2.45. The highest BCUT2D eigenvalue weighted by atomic mass is 15.2. The van der Waals surface area contributed by atoms with Gasteiger partial charge in [0, 0.05) is 18.6 Å². The molecule has 0 spiro atoms. The van der Waals surface area contributed by atoms with Crippen molar-refractivity contribution in [3.8, 4) is 0 Å². The van der Waals surface area contributed by atoms with Gasteiger partial charge < -0.3 is 5.73 Å². The summed E-state index contributed by atoms with van der Waals surface area (Å²) in [6, 6.07) is 1.43. The molecule has 2 nitrogen and oxygen atoms in total. The maximum absolute atomic E-state index is 5.96. The molecule has 2 N–H and O–H groups in total. The predicted octanol–water partition coefficient (Wildman–Crippen LogP) is 3.01. The van der Waals surface area contributed by atoms with Crippen LogP contribution in [0.15, 0.2) is 0 Å². The number of hydrogen-bond acceptors (Lipinski definition) is 2. The van der Waals surface area contributed by atoms with E-state index >= 15 is 0 Å². The minimum absolute atomic E-state index is 0.640. The molecule has 0 aromatic carbocycles. The first-order chi connectivity index (χ1) is 7.70. The molecule has 1 fully saturated rings. The van der Waals surface area contributed by atoms with E-state index < -0.39 is 0 Å². The number of unbranched alkanes of at least 4 members (excludes halogenated alkanes) is 2. The molecule has 16 heavy (non-hydrogen) atoms. The Kier molecular flexibility index (Phi) is 6.37. The van der Waals surface area contributed by atoms with Gasteiger partial charge in [0.1, 0.15) is 0 Å². The number of nitrogens with zero attached hydrogens (tertiary/aromatic N) is 1. The van der Waals surface area contributed by atoms with Crippen LogP contribution >= 0.6 is 0 Å². The summed E-state index contributed by atoms with van der Waals surface area (Å²) in [5, 5.41) is 0. The monoisotopic (exact) mass is 226 g/mol. The molecule has 0 aromatic rings. The van der Waals surface area contributed by atoms with Crippen molar-refractivity contribution >= 4 is 0 Å². The normalized spacial score (nSPS) is 24.2. The SMILES string of the molecule is CCCCCC(CN)N1CCCC1C(C)C. The van der Waals surface area contributed by atoms with Crippen LogP contribution in [0.4, 0.5) is 0 Å². The molecule has 0 aliphatic carbocycles. The van der Waals surface area contributed by atoms with Crippen LogP contribution in [0.5, 0.6) is 0 Å². The van der Waals surface area contributed by atoms with Crippen molar-refractivity contribution in [2.75, 3.05) is 13.1 Å². The second-order valence-corrected chi connectivity index (χ2v) is 5.58. The molecule has 1 aliphatic heterocycles. The van der Waals surface area contributed by atoms with Crippen molar-refractivity contribution in [1.29, 1.82) is 0 Å². The van der Waals surface area contributed by atoms with E-state index in [0.29, 0.717) is 6.04 Å². The topological polar surface area (TPSA) is 29.3 Å². The maximum Gasteiger partial charge on any atom is 0.0221 e. The lowest BCUT2D eigenvalue weighted by Gasteiger charge is -2.34. The molecular formula is C14H30N2. The van der Waals surface area contributed by atoms with Gasteiger partial charge in [0.2, 0.25) is 0 Å². The van der Waals surface area contributed by atoms with E-state index in [1.54, 1.807) is 0 Å². The molecule has 0 radical (unpaired) electrons. The van der Waals surface area contributed by atoms with Gasteiger partial charge in [-0.3, -0.25) is 4.90 Å². The lowest BCUT2D eigenvalue weighted by atomic mass is 9.99. The molecule has 0 bridgehead atoms. The summed E-state index contributed by atoms with van der Waals surface area (Å²) in [5.41, 5.74) is 5.96. The quantitative estimate of drug-likeness (QED) is 0.676. The van der Waals surface area contributed by atoms with E-state index in [4.69, 9.17) is 5.73 Å². The Hall–Kier alpha value is -0.0800. The second kappa shape index (κ2) is 7.29. The summed E-state index contributed by atoms with van der Waals surface area (Å²) in [5.74, 6) is 0.780. The smallest absolute Gasteiger partial charge is 0.0221 e. The van der Waals surface area contributed by atoms with Crippen molar-refractivity contribution in [1.82, 2.24) is 4.90 Å². The Labute approximate surface area is 102 Å².